The van der Waals surface area contributed by atoms with Gasteiger partial charge in [0.05, 0.1) is 12.6 Å². The summed E-state index contributed by atoms with van der Waals surface area (Å²) in [6.45, 7) is 0.252. The number of aliphatic hydroxyl groups is 1. The lowest BCUT2D eigenvalue weighted by molar-refractivity contribution is 0.247. The number of para-hydroxylation sites is 1. The SMILES string of the molecule is O=C1NCC(CO)N1c1ccc(Oc2ccccc2)nn1. The van der Waals surface area contributed by atoms with Crippen molar-refractivity contribution in [3.63, 3.8) is 0 Å². The molecule has 7 heteroatoms. The number of anilines is 1. The van der Waals surface area contributed by atoms with Crippen molar-refractivity contribution in [2.75, 3.05) is 18.1 Å². The fourth-order valence-electron chi connectivity index (χ4n) is 2.09. The second-order valence-corrected chi connectivity index (χ2v) is 4.54. The highest BCUT2D eigenvalue weighted by Crippen LogP contribution is 2.22. The summed E-state index contributed by atoms with van der Waals surface area (Å²) in [6.07, 6.45) is 0. The maximum atomic E-state index is 11.7. The van der Waals surface area contributed by atoms with Crippen LogP contribution in [0.15, 0.2) is 42.5 Å². The Morgan fingerprint density at radius 2 is 2.05 bits per heavy atom. The van der Waals surface area contributed by atoms with Gasteiger partial charge in [-0.2, -0.15) is 0 Å². The van der Waals surface area contributed by atoms with E-state index in [9.17, 15) is 9.90 Å². The minimum atomic E-state index is -0.326. The third-order valence-corrected chi connectivity index (χ3v) is 3.12. The Morgan fingerprint density at radius 1 is 1.24 bits per heavy atom. The number of benzene rings is 1. The Hall–Kier alpha value is -2.67. The average Bonchev–Trinajstić information content (AvgIpc) is 2.90. The number of hydrogen-bond acceptors (Lipinski definition) is 5. The molecule has 0 saturated carbocycles. The van der Waals surface area contributed by atoms with E-state index in [1.807, 2.05) is 30.3 Å². The number of nitrogens with zero attached hydrogens (tertiary/aromatic N) is 3. The second-order valence-electron chi connectivity index (χ2n) is 4.54. The van der Waals surface area contributed by atoms with Crippen LogP contribution in [0.5, 0.6) is 11.6 Å². The van der Waals surface area contributed by atoms with E-state index >= 15 is 0 Å². The fourth-order valence-corrected chi connectivity index (χ4v) is 2.09. The first kappa shape index (κ1) is 13.3. The van der Waals surface area contributed by atoms with Crippen LogP contribution < -0.4 is 15.0 Å². The molecule has 1 aliphatic heterocycles. The third-order valence-electron chi connectivity index (χ3n) is 3.12. The van der Waals surface area contributed by atoms with Crippen molar-refractivity contribution in [3.8, 4) is 11.6 Å². The summed E-state index contributed by atoms with van der Waals surface area (Å²) in [7, 11) is 0. The van der Waals surface area contributed by atoms with Crippen molar-refractivity contribution in [1.29, 1.82) is 0 Å². The summed E-state index contributed by atoms with van der Waals surface area (Å²) >= 11 is 0. The van der Waals surface area contributed by atoms with Crippen molar-refractivity contribution in [2.45, 2.75) is 6.04 Å². The molecule has 3 rings (SSSR count). The van der Waals surface area contributed by atoms with Crippen LogP contribution >= 0.6 is 0 Å². The molecule has 1 aromatic carbocycles. The monoisotopic (exact) mass is 286 g/mol. The van der Waals surface area contributed by atoms with Gasteiger partial charge in [0.2, 0.25) is 5.88 Å². The minimum Gasteiger partial charge on any atom is -0.438 e. The molecule has 21 heavy (non-hydrogen) atoms. The number of aromatic nitrogens is 2. The molecule has 0 spiro atoms. The molecule has 1 unspecified atom stereocenters. The molecule has 2 amide bonds. The van der Waals surface area contributed by atoms with Crippen LogP contribution in [0.2, 0.25) is 0 Å². The Kier molecular flexibility index (Phi) is 3.65. The molecule has 1 aromatic heterocycles. The number of urea groups is 1. The summed E-state index contributed by atoms with van der Waals surface area (Å²) in [4.78, 5) is 13.1. The van der Waals surface area contributed by atoms with Crippen LogP contribution in [0.3, 0.4) is 0 Å². The first-order valence-corrected chi connectivity index (χ1v) is 6.52. The summed E-state index contributed by atoms with van der Waals surface area (Å²) in [5, 5.41) is 19.8. The Bertz CT molecular complexity index is 618. The van der Waals surface area contributed by atoms with Crippen LogP contribution in [-0.4, -0.2) is 40.5 Å². The van der Waals surface area contributed by atoms with Crippen LogP contribution in [0.4, 0.5) is 10.6 Å². The van der Waals surface area contributed by atoms with Crippen LogP contribution in [-0.2, 0) is 0 Å². The second kappa shape index (κ2) is 5.76. The normalized spacial score (nSPS) is 17.7. The lowest BCUT2D eigenvalue weighted by atomic mass is 10.3. The maximum absolute atomic E-state index is 11.7. The van der Waals surface area contributed by atoms with Gasteiger partial charge < -0.3 is 15.2 Å². The number of nitrogens with one attached hydrogen (secondary N) is 1. The molecule has 7 nitrogen and oxygen atoms in total. The molecule has 1 atom stereocenters. The number of ether oxygens (including phenoxy) is 1. The topological polar surface area (TPSA) is 87.6 Å². The van der Waals surface area contributed by atoms with Crippen molar-refractivity contribution in [2.24, 2.45) is 0 Å². The van der Waals surface area contributed by atoms with E-state index in [1.54, 1.807) is 12.1 Å². The molecule has 0 radical (unpaired) electrons. The van der Waals surface area contributed by atoms with Crippen LogP contribution in [0.25, 0.3) is 0 Å². The van der Waals surface area contributed by atoms with Gasteiger partial charge in [-0.25, -0.2) is 4.79 Å². The van der Waals surface area contributed by atoms with Crippen LogP contribution in [0.1, 0.15) is 0 Å². The quantitative estimate of drug-likeness (QED) is 0.880. The molecule has 1 aliphatic rings. The van der Waals surface area contributed by atoms with Gasteiger partial charge in [0, 0.05) is 12.6 Å². The summed E-state index contributed by atoms with van der Waals surface area (Å²) in [5.74, 6) is 1.38. The first-order valence-electron chi connectivity index (χ1n) is 6.52. The van der Waals surface area contributed by atoms with Gasteiger partial charge in [-0.05, 0) is 18.2 Å². The molecule has 2 N–H and O–H groups in total. The summed E-state index contributed by atoms with van der Waals surface area (Å²) in [6, 6.07) is 11.9. The first-order chi connectivity index (χ1) is 10.3. The number of aliphatic hydroxyl groups excluding tert-OH is 1. The van der Waals surface area contributed by atoms with E-state index in [4.69, 9.17) is 4.74 Å². The predicted molar refractivity (Wildman–Crippen MR) is 75.3 cm³/mol. The molecule has 2 heterocycles. The number of hydrogen-bond donors (Lipinski definition) is 2. The van der Waals surface area contributed by atoms with E-state index < -0.39 is 0 Å². The molecule has 108 valence electrons. The van der Waals surface area contributed by atoms with Gasteiger partial charge in [0.15, 0.2) is 5.82 Å². The van der Waals surface area contributed by atoms with Gasteiger partial charge in [-0.1, -0.05) is 18.2 Å². The zero-order valence-corrected chi connectivity index (χ0v) is 11.1. The van der Waals surface area contributed by atoms with Crippen molar-refractivity contribution < 1.29 is 14.6 Å². The maximum Gasteiger partial charge on any atom is 0.323 e. The third kappa shape index (κ3) is 2.77. The van der Waals surface area contributed by atoms with E-state index in [-0.39, 0.29) is 18.7 Å². The highest BCUT2D eigenvalue weighted by atomic mass is 16.5. The summed E-state index contributed by atoms with van der Waals surface area (Å²) in [5.41, 5.74) is 0. The lowest BCUT2D eigenvalue weighted by Crippen LogP contribution is -2.37. The van der Waals surface area contributed by atoms with Crippen LogP contribution in [0, 0.1) is 0 Å². The predicted octanol–water partition coefficient (Wildman–Crippen LogP) is 1.16. The lowest BCUT2D eigenvalue weighted by Gasteiger charge is -2.19. The average molecular weight is 286 g/mol. The standard InChI is InChI=1S/C14H14N4O3/c19-9-10-8-15-14(20)18(10)12-6-7-13(17-16-12)21-11-4-2-1-3-5-11/h1-7,10,19H,8-9H2,(H,15,20). The number of carbonyl (C=O) groups is 1. The van der Waals surface area contributed by atoms with E-state index in [0.717, 1.165) is 0 Å². The highest BCUT2D eigenvalue weighted by molar-refractivity contribution is 5.93. The number of rotatable bonds is 4. The Morgan fingerprint density at radius 3 is 2.71 bits per heavy atom. The number of amides is 2. The molecule has 0 bridgehead atoms. The van der Waals surface area contributed by atoms with Crippen molar-refractivity contribution >= 4 is 11.8 Å². The molecular formula is C14H14N4O3. The molecule has 2 aromatic rings. The van der Waals surface area contributed by atoms with Gasteiger partial charge in [0.25, 0.3) is 0 Å². The van der Waals surface area contributed by atoms with Gasteiger partial charge in [0.1, 0.15) is 5.75 Å². The van der Waals surface area contributed by atoms with E-state index in [1.165, 1.54) is 4.90 Å². The molecule has 1 saturated heterocycles. The largest absolute Gasteiger partial charge is 0.438 e. The van der Waals surface area contributed by atoms with Crippen molar-refractivity contribution in [1.82, 2.24) is 15.5 Å². The highest BCUT2D eigenvalue weighted by Gasteiger charge is 2.32. The molecule has 0 aliphatic carbocycles. The number of carbonyl (C=O) groups excluding carboxylic acids is 1. The van der Waals surface area contributed by atoms with E-state index in [0.29, 0.717) is 24.0 Å². The zero-order chi connectivity index (χ0) is 14.7. The van der Waals surface area contributed by atoms with Gasteiger partial charge in [-0.15, -0.1) is 10.2 Å². The minimum absolute atomic E-state index is 0.136. The Labute approximate surface area is 121 Å². The smallest absolute Gasteiger partial charge is 0.323 e. The van der Waals surface area contributed by atoms with Gasteiger partial charge in [-0.3, -0.25) is 4.90 Å². The summed E-state index contributed by atoms with van der Waals surface area (Å²) < 4.78 is 5.53. The fraction of sp³-hybridized carbons (Fsp3) is 0.214. The van der Waals surface area contributed by atoms with Crippen molar-refractivity contribution in [3.05, 3.63) is 42.5 Å². The van der Waals surface area contributed by atoms with E-state index in [2.05, 4.69) is 15.5 Å². The van der Waals surface area contributed by atoms with Gasteiger partial charge >= 0.3 is 6.03 Å². The molecule has 1 fully saturated rings. The zero-order valence-electron chi connectivity index (χ0n) is 11.1. The Balaban J connectivity index is 1.76. The molecular weight excluding hydrogens is 272 g/mol.